The van der Waals surface area contributed by atoms with Gasteiger partial charge in [0.05, 0.1) is 27.7 Å². The van der Waals surface area contributed by atoms with Crippen LogP contribution in [0.15, 0.2) is 52.3 Å². The quantitative estimate of drug-likeness (QED) is 0.662. The lowest BCUT2D eigenvalue weighted by Crippen LogP contribution is -2.05. The average molecular weight is 246 g/mol. The Bertz CT molecular complexity index is 607. The Kier molecular flexibility index (Phi) is 2.37. The highest BCUT2D eigenvalue weighted by atomic mass is 32.2. The fourth-order valence-electron chi connectivity index (χ4n) is 1.77. The fourth-order valence-corrected chi connectivity index (χ4v) is 2.98. The van der Waals surface area contributed by atoms with Crippen molar-refractivity contribution in [3.05, 3.63) is 42.5 Å². The molecule has 1 aliphatic heterocycles. The average Bonchev–Trinajstić information content (AvgIpc) is 2.38. The first-order valence-corrected chi connectivity index (χ1v) is 6.31. The number of ether oxygens (including phenoxy) is 2. The van der Waals surface area contributed by atoms with Crippen LogP contribution in [0, 0.1) is 0 Å². The number of hydrogen-bond donors (Lipinski definition) is 0. The minimum Gasteiger partial charge on any atom is -0.497 e. The number of para-hydroxylation sites is 1. The second-order valence-electron chi connectivity index (χ2n) is 3.63. The van der Waals surface area contributed by atoms with Crippen molar-refractivity contribution < 1.29 is 13.7 Å². The lowest BCUT2D eigenvalue weighted by molar-refractivity contribution is 0.404. The Labute approximate surface area is 101 Å². The Balaban J connectivity index is 2.16. The van der Waals surface area contributed by atoms with E-state index in [1.165, 1.54) is 0 Å². The highest BCUT2D eigenvalue weighted by Crippen LogP contribution is 2.41. The third kappa shape index (κ3) is 1.61. The second kappa shape index (κ2) is 3.89. The summed E-state index contributed by atoms with van der Waals surface area (Å²) in [5.74, 6) is 1.94. The summed E-state index contributed by atoms with van der Waals surface area (Å²) >= 11 is 0. The van der Waals surface area contributed by atoms with Crippen LogP contribution in [0.4, 0.5) is 0 Å². The Morgan fingerprint density at radius 2 is 1.82 bits per heavy atom. The van der Waals surface area contributed by atoms with Crippen LogP contribution in [-0.2, 0) is 10.8 Å². The molecule has 0 fully saturated rings. The van der Waals surface area contributed by atoms with Crippen LogP contribution in [0.3, 0.4) is 0 Å². The van der Waals surface area contributed by atoms with Crippen LogP contribution in [-0.4, -0.2) is 11.3 Å². The number of methoxy groups -OCH3 is 1. The molecule has 0 bridgehead atoms. The number of fused-ring (bicyclic) bond motifs is 2. The zero-order valence-corrected chi connectivity index (χ0v) is 9.99. The third-order valence-electron chi connectivity index (χ3n) is 2.62. The summed E-state index contributed by atoms with van der Waals surface area (Å²) in [7, 11) is 0.412. The molecule has 2 aromatic carbocycles. The van der Waals surface area contributed by atoms with Crippen LogP contribution >= 0.6 is 0 Å². The van der Waals surface area contributed by atoms with E-state index in [-0.39, 0.29) is 0 Å². The minimum absolute atomic E-state index is 0.599. The first-order chi connectivity index (χ1) is 8.29. The topological polar surface area (TPSA) is 35.5 Å². The van der Waals surface area contributed by atoms with E-state index in [9.17, 15) is 4.21 Å². The molecule has 1 aliphatic rings. The normalized spacial score (nSPS) is 16.6. The Morgan fingerprint density at radius 3 is 2.65 bits per heavy atom. The Morgan fingerprint density at radius 1 is 1.06 bits per heavy atom. The van der Waals surface area contributed by atoms with Gasteiger partial charge >= 0.3 is 0 Å². The van der Waals surface area contributed by atoms with Gasteiger partial charge in [0.2, 0.25) is 0 Å². The molecule has 0 aliphatic carbocycles. The van der Waals surface area contributed by atoms with E-state index in [1.807, 2.05) is 24.3 Å². The van der Waals surface area contributed by atoms with Crippen molar-refractivity contribution in [3.63, 3.8) is 0 Å². The standard InChI is InChI=1S/C13H10O3S/c1-15-9-6-7-13-11(8-9)16-10-4-2-3-5-12(10)17(13)14/h2-8H,1H3. The molecule has 0 saturated heterocycles. The van der Waals surface area contributed by atoms with Gasteiger partial charge in [-0.15, -0.1) is 0 Å². The summed E-state index contributed by atoms with van der Waals surface area (Å²) in [6, 6.07) is 12.7. The molecule has 0 amide bonds. The molecule has 2 aromatic rings. The maximum atomic E-state index is 12.3. The van der Waals surface area contributed by atoms with Gasteiger partial charge in [0.15, 0.2) is 0 Å². The Hall–Kier alpha value is -1.81. The monoisotopic (exact) mass is 246 g/mol. The molecule has 1 unspecified atom stereocenters. The van der Waals surface area contributed by atoms with Crippen molar-refractivity contribution in [2.75, 3.05) is 7.11 Å². The van der Waals surface area contributed by atoms with Gasteiger partial charge in [-0.2, -0.15) is 0 Å². The molecule has 0 spiro atoms. The molecule has 17 heavy (non-hydrogen) atoms. The van der Waals surface area contributed by atoms with Crippen LogP contribution in [0.25, 0.3) is 0 Å². The lowest BCUT2D eigenvalue weighted by atomic mass is 10.3. The van der Waals surface area contributed by atoms with Gasteiger partial charge in [0.25, 0.3) is 0 Å². The van der Waals surface area contributed by atoms with Crippen molar-refractivity contribution >= 4 is 10.8 Å². The molecule has 1 atom stereocenters. The van der Waals surface area contributed by atoms with E-state index in [2.05, 4.69) is 0 Å². The molecule has 4 heteroatoms. The highest BCUT2D eigenvalue weighted by Gasteiger charge is 2.23. The third-order valence-corrected chi connectivity index (χ3v) is 4.09. The van der Waals surface area contributed by atoms with Gasteiger partial charge in [-0.1, -0.05) is 12.1 Å². The molecule has 0 N–H and O–H groups in total. The van der Waals surface area contributed by atoms with Gasteiger partial charge in [0, 0.05) is 6.07 Å². The summed E-state index contributed by atoms with van der Waals surface area (Å²) in [4.78, 5) is 1.40. The molecule has 0 saturated carbocycles. The van der Waals surface area contributed by atoms with Gasteiger partial charge in [-0.3, -0.25) is 0 Å². The van der Waals surface area contributed by atoms with Crippen molar-refractivity contribution in [3.8, 4) is 17.2 Å². The summed E-state index contributed by atoms with van der Waals surface area (Å²) in [5, 5.41) is 0. The molecule has 3 rings (SSSR count). The van der Waals surface area contributed by atoms with E-state index in [0.29, 0.717) is 27.0 Å². The van der Waals surface area contributed by atoms with Crippen molar-refractivity contribution in [1.82, 2.24) is 0 Å². The minimum atomic E-state index is -1.18. The first kappa shape index (κ1) is 10.4. The molecular formula is C13H10O3S. The number of rotatable bonds is 1. The van der Waals surface area contributed by atoms with Gasteiger partial charge in [0.1, 0.15) is 17.2 Å². The number of hydrogen-bond acceptors (Lipinski definition) is 3. The molecule has 0 radical (unpaired) electrons. The van der Waals surface area contributed by atoms with E-state index in [4.69, 9.17) is 9.47 Å². The summed E-state index contributed by atoms with van der Waals surface area (Å²) in [6.07, 6.45) is 0. The summed E-state index contributed by atoms with van der Waals surface area (Å²) in [5.41, 5.74) is 0. The maximum absolute atomic E-state index is 12.3. The zero-order valence-electron chi connectivity index (χ0n) is 9.17. The number of benzene rings is 2. The largest absolute Gasteiger partial charge is 0.497 e. The predicted octanol–water partition coefficient (Wildman–Crippen LogP) is 2.97. The lowest BCUT2D eigenvalue weighted by Gasteiger charge is -2.19. The van der Waals surface area contributed by atoms with Gasteiger partial charge < -0.3 is 9.47 Å². The molecule has 1 heterocycles. The van der Waals surface area contributed by atoms with E-state index in [1.54, 1.807) is 25.3 Å². The van der Waals surface area contributed by atoms with Crippen LogP contribution < -0.4 is 9.47 Å². The molecule has 0 aromatic heterocycles. The molecule has 86 valence electrons. The second-order valence-corrected chi connectivity index (χ2v) is 5.05. The molecule has 3 nitrogen and oxygen atoms in total. The summed E-state index contributed by atoms with van der Waals surface area (Å²) < 4.78 is 23.1. The first-order valence-electron chi connectivity index (χ1n) is 5.16. The van der Waals surface area contributed by atoms with E-state index >= 15 is 0 Å². The van der Waals surface area contributed by atoms with Gasteiger partial charge in [-0.25, -0.2) is 4.21 Å². The summed E-state index contributed by atoms with van der Waals surface area (Å²) in [6.45, 7) is 0. The maximum Gasteiger partial charge on any atom is 0.147 e. The fraction of sp³-hybridized carbons (Fsp3) is 0.0769. The highest BCUT2D eigenvalue weighted by molar-refractivity contribution is 7.85. The van der Waals surface area contributed by atoms with Crippen molar-refractivity contribution in [1.29, 1.82) is 0 Å². The van der Waals surface area contributed by atoms with Crippen LogP contribution in [0.2, 0.25) is 0 Å². The zero-order chi connectivity index (χ0) is 11.8. The predicted molar refractivity (Wildman–Crippen MR) is 64.2 cm³/mol. The van der Waals surface area contributed by atoms with E-state index in [0.717, 1.165) is 0 Å². The van der Waals surface area contributed by atoms with Crippen LogP contribution in [0.1, 0.15) is 0 Å². The SMILES string of the molecule is COc1ccc2c(c1)Oc1ccccc1S2=O. The smallest absolute Gasteiger partial charge is 0.147 e. The van der Waals surface area contributed by atoms with Crippen molar-refractivity contribution in [2.24, 2.45) is 0 Å². The van der Waals surface area contributed by atoms with Crippen LogP contribution in [0.5, 0.6) is 17.2 Å². The molecular weight excluding hydrogens is 236 g/mol. The van der Waals surface area contributed by atoms with Gasteiger partial charge in [-0.05, 0) is 24.3 Å². The van der Waals surface area contributed by atoms with Crippen molar-refractivity contribution in [2.45, 2.75) is 9.79 Å². The van der Waals surface area contributed by atoms with E-state index < -0.39 is 10.8 Å².